The number of carbonyl (C=O) groups excluding carboxylic acids is 1. The summed E-state index contributed by atoms with van der Waals surface area (Å²) < 4.78 is 38.8. The molecule has 104 valence electrons. The highest BCUT2D eigenvalue weighted by atomic mass is 79.9. The number of alkyl halides is 3. The van der Waals surface area contributed by atoms with Crippen molar-refractivity contribution in [1.29, 1.82) is 0 Å². The zero-order valence-electron chi connectivity index (χ0n) is 9.91. The Hall–Kier alpha value is -1.89. The van der Waals surface area contributed by atoms with Gasteiger partial charge in [0.2, 0.25) is 0 Å². The third-order valence-corrected chi connectivity index (χ3v) is 3.09. The van der Waals surface area contributed by atoms with E-state index in [0.29, 0.717) is 4.47 Å². The molecule has 1 aromatic carbocycles. The van der Waals surface area contributed by atoms with Gasteiger partial charge < -0.3 is 5.32 Å². The molecule has 7 heteroatoms. The molecule has 0 saturated carbocycles. The molecular weight excluding hydrogens is 337 g/mol. The lowest BCUT2D eigenvalue weighted by molar-refractivity contribution is -0.136. The number of halogens is 4. The van der Waals surface area contributed by atoms with Crippen LogP contribution in [0.3, 0.4) is 0 Å². The summed E-state index contributed by atoms with van der Waals surface area (Å²) in [7, 11) is 0. The lowest BCUT2D eigenvalue weighted by Crippen LogP contribution is -2.18. The van der Waals surface area contributed by atoms with Gasteiger partial charge in [-0.05, 0) is 40.2 Å². The minimum absolute atomic E-state index is 0.0180. The van der Waals surface area contributed by atoms with E-state index in [1.54, 1.807) is 12.1 Å². The minimum atomic E-state index is -4.54. The standard InChI is InChI=1S/C13H8BrF3N2O/c14-9-5-3-7-18-11(9)12(20)19-10-6-2-1-4-8(10)13(15,16)17/h1-7H,(H,19,20). The Bertz CT molecular complexity index is 644. The fraction of sp³-hybridized carbons (Fsp3) is 0.0769. The average molecular weight is 345 g/mol. The summed E-state index contributed by atoms with van der Waals surface area (Å²) in [5, 5.41) is 2.22. The van der Waals surface area contributed by atoms with Crippen molar-refractivity contribution in [2.75, 3.05) is 5.32 Å². The van der Waals surface area contributed by atoms with Crippen LogP contribution < -0.4 is 5.32 Å². The number of benzene rings is 1. The Labute approximate surface area is 121 Å². The second kappa shape index (κ2) is 5.62. The Morgan fingerprint density at radius 2 is 1.85 bits per heavy atom. The van der Waals surface area contributed by atoms with Gasteiger partial charge in [-0.3, -0.25) is 4.79 Å². The number of para-hydroxylation sites is 1. The number of amides is 1. The van der Waals surface area contributed by atoms with Gasteiger partial charge in [-0.2, -0.15) is 13.2 Å². The summed E-state index contributed by atoms with van der Waals surface area (Å²) in [4.78, 5) is 15.8. The van der Waals surface area contributed by atoms with E-state index in [4.69, 9.17) is 0 Å². The zero-order chi connectivity index (χ0) is 14.8. The van der Waals surface area contributed by atoms with E-state index in [2.05, 4.69) is 26.2 Å². The Kier molecular flexibility index (Phi) is 4.08. The molecule has 0 saturated heterocycles. The topological polar surface area (TPSA) is 42.0 Å². The molecule has 0 aliphatic heterocycles. The Balaban J connectivity index is 2.32. The lowest BCUT2D eigenvalue weighted by Gasteiger charge is -2.13. The highest BCUT2D eigenvalue weighted by Gasteiger charge is 2.33. The molecule has 0 aliphatic rings. The van der Waals surface area contributed by atoms with Crippen LogP contribution in [-0.4, -0.2) is 10.9 Å². The van der Waals surface area contributed by atoms with E-state index < -0.39 is 17.6 Å². The number of hydrogen-bond acceptors (Lipinski definition) is 2. The number of nitrogens with zero attached hydrogens (tertiary/aromatic N) is 1. The molecule has 0 radical (unpaired) electrons. The van der Waals surface area contributed by atoms with Gasteiger partial charge in [-0.25, -0.2) is 4.98 Å². The first-order valence-electron chi connectivity index (χ1n) is 5.47. The fourth-order valence-corrected chi connectivity index (χ4v) is 2.01. The normalized spacial score (nSPS) is 11.2. The number of pyridine rings is 1. The highest BCUT2D eigenvalue weighted by molar-refractivity contribution is 9.10. The maximum Gasteiger partial charge on any atom is 0.418 e. The first-order chi connectivity index (χ1) is 9.39. The summed E-state index contributed by atoms with van der Waals surface area (Å²) in [6, 6.07) is 7.95. The van der Waals surface area contributed by atoms with Gasteiger partial charge in [-0.1, -0.05) is 12.1 Å². The third kappa shape index (κ3) is 3.16. The minimum Gasteiger partial charge on any atom is -0.320 e. The first-order valence-corrected chi connectivity index (χ1v) is 6.27. The summed E-state index contributed by atoms with van der Waals surface area (Å²) >= 11 is 3.12. The molecule has 0 unspecified atom stereocenters. The van der Waals surface area contributed by atoms with Crippen LogP contribution in [0.15, 0.2) is 47.1 Å². The molecule has 1 amide bonds. The van der Waals surface area contributed by atoms with Gasteiger partial charge in [0.25, 0.3) is 5.91 Å². The zero-order valence-corrected chi connectivity index (χ0v) is 11.5. The largest absolute Gasteiger partial charge is 0.418 e. The molecule has 0 fully saturated rings. The molecule has 0 aliphatic carbocycles. The van der Waals surface area contributed by atoms with Crippen LogP contribution in [0.5, 0.6) is 0 Å². The van der Waals surface area contributed by atoms with Gasteiger partial charge in [-0.15, -0.1) is 0 Å². The Morgan fingerprint density at radius 3 is 2.50 bits per heavy atom. The number of anilines is 1. The van der Waals surface area contributed by atoms with Crippen molar-refractivity contribution in [3.8, 4) is 0 Å². The van der Waals surface area contributed by atoms with Crippen LogP contribution in [0.1, 0.15) is 16.1 Å². The monoisotopic (exact) mass is 344 g/mol. The summed E-state index contributed by atoms with van der Waals surface area (Å²) in [5.41, 5.74) is -1.19. The maximum absolute atomic E-state index is 12.8. The van der Waals surface area contributed by atoms with E-state index in [0.717, 1.165) is 6.07 Å². The molecule has 3 nitrogen and oxygen atoms in total. The molecule has 1 N–H and O–H groups in total. The molecular formula is C13H8BrF3N2O. The van der Waals surface area contributed by atoms with Gasteiger partial charge in [0, 0.05) is 10.7 Å². The van der Waals surface area contributed by atoms with Crippen LogP contribution in [0.25, 0.3) is 0 Å². The molecule has 0 spiro atoms. The van der Waals surface area contributed by atoms with E-state index >= 15 is 0 Å². The Morgan fingerprint density at radius 1 is 1.15 bits per heavy atom. The van der Waals surface area contributed by atoms with Gasteiger partial charge in [0.15, 0.2) is 0 Å². The van der Waals surface area contributed by atoms with Crippen LogP contribution in [0.2, 0.25) is 0 Å². The van der Waals surface area contributed by atoms with Crippen molar-refractivity contribution < 1.29 is 18.0 Å². The third-order valence-electron chi connectivity index (χ3n) is 2.45. The number of hydrogen-bond donors (Lipinski definition) is 1. The number of rotatable bonds is 2. The molecule has 2 aromatic rings. The van der Waals surface area contributed by atoms with Crippen molar-refractivity contribution in [3.05, 3.63) is 58.3 Å². The predicted molar refractivity (Wildman–Crippen MR) is 71.3 cm³/mol. The van der Waals surface area contributed by atoms with Crippen molar-refractivity contribution >= 4 is 27.5 Å². The summed E-state index contributed by atoms with van der Waals surface area (Å²) in [6.07, 6.45) is -3.15. The summed E-state index contributed by atoms with van der Waals surface area (Å²) in [5.74, 6) is -0.714. The first kappa shape index (κ1) is 14.5. The summed E-state index contributed by atoms with van der Waals surface area (Å²) in [6.45, 7) is 0. The van der Waals surface area contributed by atoms with Crippen LogP contribution in [0.4, 0.5) is 18.9 Å². The molecule has 0 bridgehead atoms. The van der Waals surface area contributed by atoms with Crippen LogP contribution >= 0.6 is 15.9 Å². The quantitative estimate of drug-likeness (QED) is 0.890. The van der Waals surface area contributed by atoms with Crippen LogP contribution in [-0.2, 0) is 6.18 Å². The SMILES string of the molecule is O=C(Nc1ccccc1C(F)(F)F)c1ncccc1Br. The van der Waals surface area contributed by atoms with Gasteiger partial charge >= 0.3 is 6.18 Å². The predicted octanol–water partition coefficient (Wildman–Crippen LogP) is 4.12. The molecule has 0 atom stereocenters. The van der Waals surface area contributed by atoms with Crippen molar-refractivity contribution in [2.45, 2.75) is 6.18 Å². The fourth-order valence-electron chi connectivity index (χ4n) is 1.57. The van der Waals surface area contributed by atoms with E-state index in [9.17, 15) is 18.0 Å². The molecule has 2 rings (SSSR count). The second-order valence-electron chi connectivity index (χ2n) is 3.83. The van der Waals surface area contributed by atoms with E-state index in [1.807, 2.05) is 0 Å². The second-order valence-corrected chi connectivity index (χ2v) is 4.69. The van der Waals surface area contributed by atoms with Crippen molar-refractivity contribution in [3.63, 3.8) is 0 Å². The lowest BCUT2D eigenvalue weighted by atomic mass is 10.1. The average Bonchev–Trinajstić information content (AvgIpc) is 2.38. The van der Waals surface area contributed by atoms with E-state index in [1.165, 1.54) is 24.4 Å². The van der Waals surface area contributed by atoms with Crippen molar-refractivity contribution in [1.82, 2.24) is 4.98 Å². The van der Waals surface area contributed by atoms with Gasteiger partial charge in [0.1, 0.15) is 5.69 Å². The molecule has 1 heterocycles. The van der Waals surface area contributed by atoms with Crippen molar-refractivity contribution in [2.24, 2.45) is 0 Å². The highest BCUT2D eigenvalue weighted by Crippen LogP contribution is 2.34. The van der Waals surface area contributed by atoms with Gasteiger partial charge in [0.05, 0.1) is 11.3 Å². The number of aromatic nitrogens is 1. The smallest absolute Gasteiger partial charge is 0.320 e. The number of carbonyl (C=O) groups is 1. The molecule has 20 heavy (non-hydrogen) atoms. The number of nitrogens with one attached hydrogen (secondary N) is 1. The van der Waals surface area contributed by atoms with Crippen LogP contribution in [0, 0.1) is 0 Å². The molecule has 1 aromatic heterocycles. The van der Waals surface area contributed by atoms with E-state index in [-0.39, 0.29) is 11.4 Å². The maximum atomic E-state index is 12.8.